The van der Waals surface area contributed by atoms with Crippen molar-refractivity contribution in [3.8, 4) is 5.75 Å². The molecule has 1 saturated heterocycles. The third kappa shape index (κ3) is 3.50. The SMILES string of the molecule is CCc1ccc(OC(=O)N2CCC(C(N)=O)CC2)cc1. The summed E-state index contributed by atoms with van der Waals surface area (Å²) in [5.41, 5.74) is 6.47. The lowest BCUT2D eigenvalue weighted by atomic mass is 9.97. The molecule has 5 nitrogen and oxygen atoms in total. The van der Waals surface area contributed by atoms with Gasteiger partial charge < -0.3 is 15.4 Å². The van der Waals surface area contributed by atoms with E-state index in [4.69, 9.17) is 10.5 Å². The quantitative estimate of drug-likeness (QED) is 0.917. The molecule has 1 aliphatic heterocycles. The van der Waals surface area contributed by atoms with Gasteiger partial charge in [0.2, 0.25) is 5.91 Å². The minimum absolute atomic E-state index is 0.122. The fraction of sp³-hybridized carbons (Fsp3) is 0.467. The van der Waals surface area contributed by atoms with Gasteiger partial charge in [-0.05, 0) is 37.0 Å². The average Bonchev–Trinajstić information content (AvgIpc) is 2.48. The van der Waals surface area contributed by atoms with Gasteiger partial charge in [0.05, 0.1) is 0 Å². The van der Waals surface area contributed by atoms with Gasteiger partial charge in [-0.15, -0.1) is 0 Å². The lowest BCUT2D eigenvalue weighted by Gasteiger charge is -2.29. The second-order valence-corrected chi connectivity index (χ2v) is 5.03. The number of primary amides is 1. The van der Waals surface area contributed by atoms with Crippen molar-refractivity contribution >= 4 is 12.0 Å². The highest BCUT2D eigenvalue weighted by atomic mass is 16.6. The number of hydrogen-bond donors (Lipinski definition) is 1. The van der Waals surface area contributed by atoms with Crippen molar-refractivity contribution < 1.29 is 14.3 Å². The first-order chi connectivity index (χ1) is 9.60. The zero-order valence-electron chi connectivity index (χ0n) is 11.7. The van der Waals surface area contributed by atoms with Crippen LogP contribution in [0.5, 0.6) is 5.75 Å². The van der Waals surface area contributed by atoms with Crippen molar-refractivity contribution in [3.05, 3.63) is 29.8 Å². The molecule has 0 aliphatic carbocycles. The molecule has 2 rings (SSSR count). The van der Waals surface area contributed by atoms with Gasteiger partial charge in [0.15, 0.2) is 0 Å². The number of carbonyl (C=O) groups is 2. The zero-order valence-corrected chi connectivity index (χ0v) is 11.7. The molecule has 1 heterocycles. The number of amides is 2. The molecule has 2 amide bonds. The number of nitrogens with two attached hydrogens (primary N) is 1. The Balaban J connectivity index is 1.87. The highest BCUT2D eigenvalue weighted by Crippen LogP contribution is 2.19. The van der Waals surface area contributed by atoms with Crippen LogP contribution in [0.15, 0.2) is 24.3 Å². The molecule has 0 atom stereocenters. The van der Waals surface area contributed by atoms with Crippen LogP contribution in [-0.4, -0.2) is 30.0 Å². The lowest BCUT2D eigenvalue weighted by Crippen LogP contribution is -2.42. The molecule has 5 heteroatoms. The average molecular weight is 276 g/mol. The fourth-order valence-corrected chi connectivity index (χ4v) is 2.31. The van der Waals surface area contributed by atoms with Gasteiger partial charge in [-0.3, -0.25) is 4.79 Å². The number of benzene rings is 1. The molecular formula is C15H20N2O3. The smallest absolute Gasteiger partial charge is 0.410 e. The molecule has 1 aromatic rings. The predicted octanol–water partition coefficient (Wildman–Crippen LogP) is 1.95. The van der Waals surface area contributed by atoms with Crippen LogP contribution in [0.2, 0.25) is 0 Å². The Labute approximate surface area is 118 Å². The summed E-state index contributed by atoms with van der Waals surface area (Å²) in [6.45, 7) is 3.10. The van der Waals surface area contributed by atoms with Crippen molar-refractivity contribution in [3.63, 3.8) is 0 Å². The number of ether oxygens (including phenoxy) is 1. The molecule has 1 fully saturated rings. The molecule has 20 heavy (non-hydrogen) atoms. The van der Waals surface area contributed by atoms with Crippen LogP contribution < -0.4 is 10.5 Å². The van der Waals surface area contributed by atoms with Crippen LogP contribution in [0.3, 0.4) is 0 Å². The number of rotatable bonds is 3. The van der Waals surface area contributed by atoms with Crippen molar-refractivity contribution in [2.45, 2.75) is 26.2 Å². The number of carbonyl (C=O) groups excluding carboxylic acids is 2. The van der Waals surface area contributed by atoms with Crippen molar-refractivity contribution in [2.75, 3.05) is 13.1 Å². The van der Waals surface area contributed by atoms with Crippen LogP contribution in [-0.2, 0) is 11.2 Å². The predicted molar refractivity (Wildman–Crippen MR) is 75.3 cm³/mol. The summed E-state index contributed by atoms with van der Waals surface area (Å²) in [6.07, 6.45) is 1.81. The van der Waals surface area contributed by atoms with Gasteiger partial charge >= 0.3 is 6.09 Å². The van der Waals surface area contributed by atoms with Crippen LogP contribution in [0.25, 0.3) is 0 Å². The van der Waals surface area contributed by atoms with Gasteiger partial charge in [-0.2, -0.15) is 0 Å². The Morgan fingerprint density at radius 1 is 1.25 bits per heavy atom. The molecule has 0 unspecified atom stereocenters. The van der Waals surface area contributed by atoms with Crippen molar-refractivity contribution in [1.82, 2.24) is 4.90 Å². The molecule has 0 radical (unpaired) electrons. The topological polar surface area (TPSA) is 72.6 Å². The maximum Gasteiger partial charge on any atom is 0.415 e. The lowest BCUT2D eigenvalue weighted by molar-refractivity contribution is -0.123. The third-order valence-electron chi connectivity index (χ3n) is 3.69. The molecule has 1 aliphatic rings. The first kappa shape index (κ1) is 14.4. The standard InChI is InChI=1S/C15H20N2O3/c1-2-11-3-5-13(6-4-11)20-15(19)17-9-7-12(8-10-17)14(16)18/h3-6,12H,2,7-10H2,1H3,(H2,16,18). The second kappa shape index (κ2) is 6.41. The summed E-state index contributed by atoms with van der Waals surface area (Å²) in [6, 6.07) is 7.49. The van der Waals surface area contributed by atoms with Crippen LogP contribution in [0.4, 0.5) is 4.79 Å². The first-order valence-electron chi connectivity index (χ1n) is 6.95. The Morgan fingerprint density at radius 3 is 2.35 bits per heavy atom. The molecule has 0 bridgehead atoms. The second-order valence-electron chi connectivity index (χ2n) is 5.03. The highest BCUT2D eigenvalue weighted by molar-refractivity contribution is 5.77. The molecule has 2 N–H and O–H groups in total. The zero-order chi connectivity index (χ0) is 14.5. The summed E-state index contributed by atoms with van der Waals surface area (Å²) in [4.78, 5) is 24.7. The minimum Gasteiger partial charge on any atom is -0.410 e. The Hall–Kier alpha value is -2.04. The Bertz CT molecular complexity index is 476. The molecular weight excluding hydrogens is 256 g/mol. The minimum atomic E-state index is -0.364. The van der Waals surface area contributed by atoms with E-state index in [1.165, 1.54) is 5.56 Å². The van der Waals surface area contributed by atoms with E-state index in [2.05, 4.69) is 6.92 Å². The Morgan fingerprint density at radius 2 is 1.85 bits per heavy atom. The molecule has 0 aromatic heterocycles. The highest BCUT2D eigenvalue weighted by Gasteiger charge is 2.26. The largest absolute Gasteiger partial charge is 0.415 e. The van der Waals surface area contributed by atoms with Crippen LogP contribution in [0.1, 0.15) is 25.3 Å². The summed E-state index contributed by atoms with van der Waals surface area (Å²) >= 11 is 0. The van der Waals surface area contributed by atoms with Crippen LogP contribution >= 0.6 is 0 Å². The van der Waals surface area contributed by atoms with E-state index in [-0.39, 0.29) is 17.9 Å². The number of likely N-dealkylation sites (tertiary alicyclic amines) is 1. The van der Waals surface area contributed by atoms with Crippen molar-refractivity contribution in [2.24, 2.45) is 11.7 Å². The Kier molecular flexibility index (Phi) is 4.61. The number of hydrogen-bond acceptors (Lipinski definition) is 3. The monoisotopic (exact) mass is 276 g/mol. The van der Waals surface area contributed by atoms with E-state index < -0.39 is 0 Å². The van der Waals surface area contributed by atoms with Gasteiger partial charge in [-0.1, -0.05) is 19.1 Å². The van der Waals surface area contributed by atoms with E-state index >= 15 is 0 Å². The molecule has 1 aromatic carbocycles. The maximum atomic E-state index is 12.0. The molecule has 0 spiro atoms. The number of piperidine rings is 1. The van der Waals surface area contributed by atoms with Crippen LogP contribution in [0, 0.1) is 5.92 Å². The summed E-state index contributed by atoms with van der Waals surface area (Å²) < 4.78 is 5.32. The van der Waals surface area contributed by atoms with Crippen molar-refractivity contribution in [1.29, 1.82) is 0 Å². The fourth-order valence-electron chi connectivity index (χ4n) is 2.31. The van der Waals surface area contributed by atoms with E-state index in [1.54, 1.807) is 17.0 Å². The van der Waals surface area contributed by atoms with Gasteiger partial charge in [-0.25, -0.2) is 4.79 Å². The first-order valence-corrected chi connectivity index (χ1v) is 6.95. The molecule has 0 saturated carbocycles. The number of aryl methyl sites for hydroxylation is 1. The van der Waals surface area contributed by atoms with E-state index in [9.17, 15) is 9.59 Å². The molecule has 108 valence electrons. The third-order valence-corrected chi connectivity index (χ3v) is 3.69. The van der Waals surface area contributed by atoms with E-state index in [1.807, 2.05) is 12.1 Å². The van der Waals surface area contributed by atoms with Gasteiger partial charge in [0.1, 0.15) is 5.75 Å². The normalized spacial score (nSPS) is 15.9. The summed E-state index contributed by atoms with van der Waals surface area (Å²) in [5, 5.41) is 0. The maximum absolute atomic E-state index is 12.0. The summed E-state index contributed by atoms with van der Waals surface area (Å²) in [5.74, 6) is 0.139. The van der Waals surface area contributed by atoms with Gasteiger partial charge in [0, 0.05) is 19.0 Å². The van der Waals surface area contributed by atoms with E-state index in [0.717, 1.165) is 6.42 Å². The summed E-state index contributed by atoms with van der Waals surface area (Å²) in [7, 11) is 0. The van der Waals surface area contributed by atoms with Gasteiger partial charge in [0.25, 0.3) is 0 Å². The number of nitrogens with zero attached hydrogens (tertiary/aromatic N) is 1. The van der Waals surface area contributed by atoms with E-state index in [0.29, 0.717) is 31.7 Å².